The highest BCUT2D eigenvalue weighted by atomic mass is 16.5. The Morgan fingerprint density at radius 2 is 2.06 bits per heavy atom. The van der Waals surface area contributed by atoms with E-state index in [0.717, 1.165) is 39.3 Å². The van der Waals surface area contributed by atoms with Crippen molar-refractivity contribution >= 4 is 11.4 Å². The first-order valence-electron chi connectivity index (χ1n) is 6.72. The summed E-state index contributed by atoms with van der Waals surface area (Å²) in [6, 6.07) is 8.63. The van der Waals surface area contributed by atoms with E-state index < -0.39 is 0 Å². The molecule has 4 heteroatoms. The van der Waals surface area contributed by atoms with Crippen LogP contribution in [0.25, 0.3) is 0 Å². The van der Waals surface area contributed by atoms with Gasteiger partial charge in [0.1, 0.15) is 0 Å². The molecule has 0 radical (unpaired) electrons. The summed E-state index contributed by atoms with van der Waals surface area (Å²) in [4.78, 5) is 2.36. The third-order valence-corrected chi connectivity index (χ3v) is 3.33. The molecule has 0 saturated carbocycles. The summed E-state index contributed by atoms with van der Waals surface area (Å²) in [5.74, 6) is 0. The van der Waals surface area contributed by atoms with Crippen LogP contribution in [0.1, 0.15) is 13.3 Å². The molecule has 1 aliphatic heterocycles. The second-order valence-corrected chi connectivity index (χ2v) is 4.67. The highest BCUT2D eigenvalue weighted by molar-refractivity contribution is 5.70. The van der Waals surface area contributed by atoms with Crippen molar-refractivity contribution in [2.45, 2.75) is 19.4 Å². The molecule has 3 N–H and O–H groups in total. The fourth-order valence-electron chi connectivity index (χ4n) is 2.09. The maximum Gasteiger partial charge on any atom is 0.0642 e. The normalized spacial score (nSPS) is 17.6. The minimum atomic E-state index is 0.211. The van der Waals surface area contributed by atoms with Crippen molar-refractivity contribution < 1.29 is 4.74 Å². The number of benzene rings is 1. The van der Waals surface area contributed by atoms with Gasteiger partial charge >= 0.3 is 0 Å². The summed E-state index contributed by atoms with van der Waals surface area (Å²) < 4.78 is 5.39. The van der Waals surface area contributed by atoms with Crippen LogP contribution in [0, 0.1) is 0 Å². The van der Waals surface area contributed by atoms with E-state index in [0.29, 0.717) is 0 Å². The van der Waals surface area contributed by atoms with E-state index in [9.17, 15) is 0 Å². The zero-order valence-corrected chi connectivity index (χ0v) is 11.1. The largest absolute Gasteiger partial charge is 0.382 e. The molecule has 1 fully saturated rings. The molecule has 1 saturated heterocycles. The summed E-state index contributed by atoms with van der Waals surface area (Å²) in [5, 5.41) is 3.45. The molecule has 1 aromatic carbocycles. The van der Waals surface area contributed by atoms with E-state index in [4.69, 9.17) is 10.5 Å². The van der Waals surface area contributed by atoms with Crippen molar-refractivity contribution in [3.8, 4) is 0 Å². The van der Waals surface area contributed by atoms with Gasteiger partial charge in [-0.15, -0.1) is 0 Å². The summed E-state index contributed by atoms with van der Waals surface area (Å²) in [6.07, 6.45) is 0.993. The Balaban J connectivity index is 2.04. The number of nitrogens with one attached hydrogen (secondary N) is 1. The number of nitrogens with zero attached hydrogens (tertiary/aromatic N) is 1. The molecular formula is C14H23N3O. The van der Waals surface area contributed by atoms with Crippen LogP contribution in [0.15, 0.2) is 24.3 Å². The topological polar surface area (TPSA) is 50.5 Å². The van der Waals surface area contributed by atoms with Crippen molar-refractivity contribution in [1.29, 1.82) is 0 Å². The van der Waals surface area contributed by atoms with Crippen LogP contribution < -0.4 is 16.0 Å². The molecule has 100 valence electrons. The highest BCUT2D eigenvalue weighted by Gasteiger charge is 2.14. The standard InChI is InChI=1S/C14H23N3O/c1-2-12(15)11-16-13-5-3-4-6-14(13)17-7-9-18-10-8-17/h3-6,12,16H,2,7-11,15H2,1H3/t12-/m0/s1. The average Bonchev–Trinajstić information content (AvgIpc) is 2.46. The Hall–Kier alpha value is -1.26. The van der Waals surface area contributed by atoms with Crippen LogP contribution in [-0.4, -0.2) is 38.9 Å². The minimum absolute atomic E-state index is 0.211. The van der Waals surface area contributed by atoms with Gasteiger partial charge < -0.3 is 20.7 Å². The molecule has 0 aromatic heterocycles. The highest BCUT2D eigenvalue weighted by Crippen LogP contribution is 2.26. The van der Waals surface area contributed by atoms with Gasteiger partial charge in [0.15, 0.2) is 0 Å². The van der Waals surface area contributed by atoms with Crippen molar-refractivity contribution in [1.82, 2.24) is 0 Å². The summed E-state index contributed by atoms with van der Waals surface area (Å²) in [6.45, 7) is 6.46. The number of ether oxygens (including phenoxy) is 1. The third kappa shape index (κ3) is 3.37. The fraction of sp³-hybridized carbons (Fsp3) is 0.571. The average molecular weight is 249 g/mol. The molecule has 0 amide bonds. The van der Waals surface area contributed by atoms with Gasteiger partial charge in [-0.3, -0.25) is 0 Å². The number of morpholine rings is 1. The van der Waals surface area contributed by atoms with Gasteiger partial charge in [-0.25, -0.2) is 0 Å². The molecule has 4 nitrogen and oxygen atoms in total. The van der Waals surface area contributed by atoms with Gasteiger partial charge in [-0.05, 0) is 18.6 Å². The van der Waals surface area contributed by atoms with Crippen LogP contribution in [0.3, 0.4) is 0 Å². The number of rotatable bonds is 5. The molecule has 0 spiro atoms. The molecule has 0 aliphatic carbocycles. The third-order valence-electron chi connectivity index (χ3n) is 3.33. The molecule has 1 aliphatic rings. The zero-order chi connectivity index (χ0) is 12.8. The van der Waals surface area contributed by atoms with Gasteiger partial charge in [0, 0.05) is 25.7 Å². The van der Waals surface area contributed by atoms with Gasteiger partial charge in [0.05, 0.1) is 24.6 Å². The van der Waals surface area contributed by atoms with Crippen LogP contribution in [0.5, 0.6) is 0 Å². The second-order valence-electron chi connectivity index (χ2n) is 4.67. The SMILES string of the molecule is CC[C@H](N)CNc1ccccc1N1CCOCC1. The maximum absolute atomic E-state index is 5.95. The lowest BCUT2D eigenvalue weighted by Gasteiger charge is -2.31. The van der Waals surface area contributed by atoms with E-state index in [2.05, 4.69) is 41.4 Å². The number of anilines is 2. The molecule has 2 rings (SSSR count). The first-order chi connectivity index (χ1) is 8.81. The Labute approximate surface area is 109 Å². The lowest BCUT2D eigenvalue weighted by molar-refractivity contribution is 0.123. The molecule has 0 bridgehead atoms. The van der Waals surface area contributed by atoms with Crippen molar-refractivity contribution in [3.63, 3.8) is 0 Å². The quantitative estimate of drug-likeness (QED) is 0.833. The Morgan fingerprint density at radius 3 is 2.78 bits per heavy atom. The van der Waals surface area contributed by atoms with Crippen LogP contribution in [0.4, 0.5) is 11.4 Å². The van der Waals surface area contributed by atoms with Crippen molar-refractivity contribution in [2.24, 2.45) is 5.73 Å². The summed E-state index contributed by atoms with van der Waals surface area (Å²) >= 11 is 0. The van der Waals surface area contributed by atoms with Gasteiger partial charge in [-0.2, -0.15) is 0 Å². The van der Waals surface area contributed by atoms with Gasteiger partial charge in [0.2, 0.25) is 0 Å². The predicted octanol–water partition coefficient (Wildman–Crippen LogP) is 1.67. The summed E-state index contributed by atoms with van der Waals surface area (Å²) in [7, 11) is 0. The Bertz CT molecular complexity index is 364. The van der Waals surface area contributed by atoms with E-state index in [-0.39, 0.29) is 6.04 Å². The number of para-hydroxylation sites is 2. The number of hydrogen-bond acceptors (Lipinski definition) is 4. The van der Waals surface area contributed by atoms with Gasteiger partial charge in [0.25, 0.3) is 0 Å². The molecule has 18 heavy (non-hydrogen) atoms. The first-order valence-corrected chi connectivity index (χ1v) is 6.72. The van der Waals surface area contributed by atoms with Crippen molar-refractivity contribution in [2.75, 3.05) is 43.1 Å². The zero-order valence-electron chi connectivity index (χ0n) is 11.1. The summed E-state index contributed by atoms with van der Waals surface area (Å²) in [5.41, 5.74) is 8.38. The van der Waals surface area contributed by atoms with Gasteiger partial charge in [-0.1, -0.05) is 19.1 Å². The second kappa shape index (κ2) is 6.61. The molecule has 1 aromatic rings. The lowest BCUT2D eigenvalue weighted by atomic mass is 10.2. The maximum atomic E-state index is 5.95. The van der Waals surface area contributed by atoms with Crippen LogP contribution >= 0.6 is 0 Å². The fourth-order valence-corrected chi connectivity index (χ4v) is 2.09. The monoisotopic (exact) mass is 249 g/mol. The molecular weight excluding hydrogens is 226 g/mol. The number of hydrogen-bond donors (Lipinski definition) is 2. The molecule has 1 atom stereocenters. The van der Waals surface area contributed by atoms with E-state index in [1.165, 1.54) is 11.4 Å². The van der Waals surface area contributed by atoms with Crippen LogP contribution in [-0.2, 0) is 4.74 Å². The molecule has 1 heterocycles. The van der Waals surface area contributed by atoms with E-state index in [1.807, 2.05) is 0 Å². The minimum Gasteiger partial charge on any atom is -0.382 e. The smallest absolute Gasteiger partial charge is 0.0642 e. The van der Waals surface area contributed by atoms with Crippen molar-refractivity contribution in [3.05, 3.63) is 24.3 Å². The Kier molecular flexibility index (Phi) is 4.84. The van der Waals surface area contributed by atoms with E-state index >= 15 is 0 Å². The van der Waals surface area contributed by atoms with Crippen LogP contribution in [0.2, 0.25) is 0 Å². The number of nitrogens with two attached hydrogens (primary N) is 1. The van der Waals surface area contributed by atoms with E-state index in [1.54, 1.807) is 0 Å². The predicted molar refractivity (Wildman–Crippen MR) is 76.2 cm³/mol. The Morgan fingerprint density at radius 1 is 1.33 bits per heavy atom. The lowest BCUT2D eigenvalue weighted by Crippen LogP contribution is -2.37. The first kappa shape index (κ1) is 13.2. The molecule has 0 unspecified atom stereocenters.